The van der Waals surface area contributed by atoms with E-state index in [2.05, 4.69) is 15.2 Å². The predicted molar refractivity (Wildman–Crippen MR) is 91.4 cm³/mol. The number of piperidine rings is 1. The van der Waals surface area contributed by atoms with Gasteiger partial charge in [-0.2, -0.15) is 0 Å². The van der Waals surface area contributed by atoms with Crippen LogP contribution in [0.25, 0.3) is 10.9 Å². The van der Waals surface area contributed by atoms with Crippen LogP contribution in [0.2, 0.25) is 0 Å². The van der Waals surface area contributed by atoms with E-state index in [0.29, 0.717) is 48.6 Å². The molecule has 8 heteroatoms. The number of benzene rings is 1. The Balaban J connectivity index is 1.53. The Hall–Kier alpha value is -3.03. The topological polar surface area (TPSA) is 92.1 Å². The Morgan fingerprint density at radius 1 is 1.27 bits per heavy atom. The third kappa shape index (κ3) is 2.98. The fourth-order valence-corrected chi connectivity index (χ4v) is 3.31. The van der Waals surface area contributed by atoms with Crippen molar-refractivity contribution in [3.8, 4) is 0 Å². The van der Waals surface area contributed by atoms with Crippen LogP contribution in [0.5, 0.6) is 0 Å². The molecule has 1 amide bonds. The number of aromatic amines is 1. The SMILES string of the molecule is Cc1nnc(C2CCN(C(=O)c3cc4ccc(F)cc4[nH]c3=O)CC2)o1. The molecular formula is C18H17FN4O3. The first-order chi connectivity index (χ1) is 12.5. The molecule has 26 heavy (non-hydrogen) atoms. The molecule has 0 saturated carbocycles. The number of halogens is 1. The van der Waals surface area contributed by atoms with E-state index in [1.807, 2.05) is 0 Å². The minimum Gasteiger partial charge on any atom is -0.425 e. The molecule has 0 aliphatic carbocycles. The van der Waals surface area contributed by atoms with Gasteiger partial charge in [-0.25, -0.2) is 4.39 Å². The van der Waals surface area contributed by atoms with Gasteiger partial charge in [-0.05, 0) is 42.5 Å². The van der Waals surface area contributed by atoms with Gasteiger partial charge in [-0.15, -0.1) is 10.2 Å². The van der Waals surface area contributed by atoms with Gasteiger partial charge in [0.15, 0.2) is 0 Å². The maximum absolute atomic E-state index is 13.3. The van der Waals surface area contributed by atoms with Crippen LogP contribution >= 0.6 is 0 Å². The summed E-state index contributed by atoms with van der Waals surface area (Å²) in [5.74, 6) is 0.485. The van der Waals surface area contributed by atoms with Crippen LogP contribution in [0.1, 0.15) is 40.9 Å². The lowest BCUT2D eigenvalue weighted by molar-refractivity contribution is 0.0704. The van der Waals surface area contributed by atoms with Gasteiger partial charge >= 0.3 is 0 Å². The Labute approximate surface area is 147 Å². The quantitative estimate of drug-likeness (QED) is 0.761. The molecule has 0 spiro atoms. The minimum absolute atomic E-state index is 0.0659. The average molecular weight is 356 g/mol. The van der Waals surface area contributed by atoms with Crippen LogP contribution < -0.4 is 5.56 Å². The van der Waals surface area contributed by atoms with Gasteiger partial charge < -0.3 is 14.3 Å². The molecule has 1 aliphatic rings. The second-order valence-electron chi connectivity index (χ2n) is 6.47. The number of H-pyrrole nitrogens is 1. The van der Waals surface area contributed by atoms with Gasteiger partial charge in [0.2, 0.25) is 11.8 Å². The molecule has 1 aliphatic heterocycles. The number of aromatic nitrogens is 3. The summed E-state index contributed by atoms with van der Waals surface area (Å²) in [6, 6.07) is 5.60. The first kappa shape index (κ1) is 16.4. The predicted octanol–water partition coefficient (Wildman–Crippen LogP) is 2.38. The summed E-state index contributed by atoms with van der Waals surface area (Å²) in [5.41, 5.74) is -0.0732. The molecule has 0 radical (unpaired) electrons. The van der Waals surface area contributed by atoms with E-state index >= 15 is 0 Å². The molecule has 1 fully saturated rings. The van der Waals surface area contributed by atoms with E-state index in [0.717, 1.165) is 0 Å². The number of fused-ring (bicyclic) bond motifs is 1. The van der Waals surface area contributed by atoms with Gasteiger partial charge in [-0.1, -0.05) is 0 Å². The fourth-order valence-electron chi connectivity index (χ4n) is 3.31. The molecule has 0 atom stereocenters. The molecular weight excluding hydrogens is 339 g/mol. The summed E-state index contributed by atoms with van der Waals surface area (Å²) < 4.78 is 18.8. The van der Waals surface area contributed by atoms with Crippen molar-refractivity contribution in [2.45, 2.75) is 25.7 Å². The number of pyridine rings is 1. The zero-order valence-electron chi connectivity index (χ0n) is 14.2. The van der Waals surface area contributed by atoms with Crippen molar-refractivity contribution in [3.63, 3.8) is 0 Å². The van der Waals surface area contributed by atoms with Crippen LogP contribution in [0.15, 0.2) is 33.5 Å². The highest BCUT2D eigenvalue weighted by molar-refractivity contribution is 5.97. The van der Waals surface area contributed by atoms with Crippen LogP contribution in [0, 0.1) is 12.7 Å². The number of carbonyl (C=O) groups excluding carboxylic acids is 1. The molecule has 2 aromatic heterocycles. The highest BCUT2D eigenvalue weighted by atomic mass is 19.1. The lowest BCUT2D eigenvalue weighted by atomic mass is 9.96. The van der Waals surface area contributed by atoms with E-state index in [1.165, 1.54) is 18.2 Å². The van der Waals surface area contributed by atoms with Crippen molar-refractivity contribution in [1.82, 2.24) is 20.1 Å². The average Bonchev–Trinajstić information content (AvgIpc) is 3.07. The van der Waals surface area contributed by atoms with E-state index in [-0.39, 0.29) is 17.4 Å². The van der Waals surface area contributed by atoms with E-state index in [9.17, 15) is 14.0 Å². The standard InChI is InChI=1S/C18H17FN4O3/c1-10-21-22-17(26-10)11-4-6-23(7-5-11)18(25)14-8-12-2-3-13(19)9-15(12)20-16(14)24/h2-3,8-9,11H,4-7H2,1H3,(H,20,24). The van der Waals surface area contributed by atoms with Crippen molar-refractivity contribution in [2.75, 3.05) is 13.1 Å². The summed E-state index contributed by atoms with van der Waals surface area (Å²) >= 11 is 0. The molecule has 1 aromatic carbocycles. The highest BCUT2D eigenvalue weighted by Crippen LogP contribution is 2.27. The van der Waals surface area contributed by atoms with Gasteiger partial charge in [0, 0.05) is 25.9 Å². The number of hydrogen-bond acceptors (Lipinski definition) is 5. The largest absolute Gasteiger partial charge is 0.425 e. The lowest BCUT2D eigenvalue weighted by Crippen LogP contribution is -2.40. The monoisotopic (exact) mass is 356 g/mol. The van der Waals surface area contributed by atoms with Crippen molar-refractivity contribution >= 4 is 16.8 Å². The Morgan fingerprint density at radius 3 is 2.73 bits per heavy atom. The summed E-state index contributed by atoms with van der Waals surface area (Å²) in [5, 5.41) is 8.50. The second-order valence-corrected chi connectivity index (χ2v) is 6.47. The van der Waals surface area contributed by atoms with Gasteiger partial charge in [0.1, 0.15) is 11.4 Å². The number of nitrogens with zero attached hydrogens (tertiary/aromatic N) is 3. The fraction of sp³-hybridized carbons (Fsp3) is 0.333. The van der Waals surface area contributed by atoms with Crippen molar-refractivity contribution in [1.29, 1.82) is 0 Å². The smallest absolute Gasteiger partial charge is 0.261 e. The molecule has 134 valence electrons. The van der Waals surface area contributed by atoms with Gasteiger partial charge in [0.25, 0.3) is 11.5 Å². The van der Waals surface area contributed by atoms with Crippen molar-refractivity contribution in [3.05, 3.63) is 57.8 Å². The lowest BCUT2D eigenvalue weighted by Gasteiger charge is -2.30. The van der Waals surface area contributed by atoms with Crippen LogP contribution in [0.3, 0.4) is 0 Å². The Kier molecular flexibility index (Phi) is 4.02. The molecule has 0 bridgehead atoms. The van der Waals surface area contributed by atoms with Gasteiger partial charge in [0.05, 0.1) is 5.52 Å². The van der Waals surface area contributed by atoms with E-state index in [4.69, 9.17) is 4.42 Å². The summed E-state index contributed by atoms with van der Waals surface area (Å²) in [6.45, 7) is 2.75. The molecule has 3 aromatic rings. The summed E-state index contributed by atoms with van der Waals surface area (Å²) in [4.78, 5) is 29.2. The number of carbonyl (C=O) groups is 1. The Bertz CT molecular complexity index is 1030. The van der Waals surface area contributed by atoms with E-state index < -0.39 is 11.4 Å². The molecule has 1 N–H and O–H groups in total. The zero-order valence-corrected chi connectivity index (χ0v) is 14.2. The molecule has 4 rings (SSSR count). The molecule has 3 heterocycles. The molecule has 1 saturated heterocycles. The molecule has 7 nitrogen and oxygen atoms in total. The maximum atomic E-state index is 13.3. The first-order valence-electron chi connectivity index (χ1n) is 8.43. The van der Waals surface area contributed by atoms with Crippen molar-refractivity contribution in [2.24, 2.45) is 0 Å². The summed E-state index contributed by atoms with van der Waals surface area (Å²) in [6.07, 6.45) is 1.40. The zero-order chi connectivity index (χ0) is 18.3. The maximum Gasteiger partial charge on any atom is 0.261 e. The summed E-state index contributed by atoms with van der Waals surface area (Å²) in [7, 11) is 0. The third-order valence-corrected chi connectivity index (χ3v) is 4.71. The molecule has 0 unspecified atom stereocenters. The van der Waals surface area contributed by atoms with E-state index in [1.54, 1.807) is 17.9 Å². The number of amides is 1. The van der Waals surface area contributed by atoms with Crippen LogP contribution in [-0.2, 0) is 0 Å². The normalized spacial score (nSPS) is 15.5. The number of hydrogen-bond donors (Lipinski definition) is 1. The van der Waals surface area contributed by atoms with Crippen molar-refractivity contribution < 1.29 is 13.6 Å². The number of rotatable bonds is 2. The van der Waals surface area contributed by atoms with Crippen LogP contribution in [0.4, 0.5) is 4.39 Å². The highest BCUT2D eigenvalue weighted by Gasteiger charge is 2.28. The Morgan fingerprint density at radius 2 is 2.04 bits per heavy atom. The third-order valence-electron chi connectivity index (χ3n) is 4.71. The second kappa shape index (κ2) is 6.36. The number of aryl methyl sites for hydroxylation is 1. The first-order valence-corrected chi connectivity index (χ1v) is 8.43. The number of nitrogens with one attached hydrogen (secondary N) is 1. The van der Waals surface area contributed by atoms with Crippen LogP contribution in [-0.4, -0.2) is 39.1 Å². The number of likely N-dealkylation sites (tertiary alicyclic amines) is 1. The van der Waals surface area contributed by atoms with Gasteiger partial charge in [-0.3, -0.25) is 9.59 Å². The minimum atomic E-state index is -0.511.